The van der Waals surface area contributed by atoms with Crippen LogP contribution in [0.2, 0.25) is 0 Å². The second-order valence-electron chi connectivity index (χ2n) is 10.7. The average molecular weight is 498 g/mol. The van der Waals surface area contributed by atoms with E-state index in [1.54, 1.807) is 18.2 Å². The number of carbonyl (C=O) groups excluding carboxylic acids is 2. The lowest BCUT2D eigenvalue weighted by Crippen LogP contribution is -2.55. The number of ketones is 1. The molecule has 3 aliphatic rings. The fourth-order valence-electron chi connectivity index (χ4n) is 6.77. The molecular formula is C32H32FNO3. The van der Waals surface area contributed by atoms with E-state index in [1.165, 1.54) is 28.3 Å². The smallest absolute Gasteiger partial charge is 0.410 e. The summed E-state index contributed by atoms with van der Waals surface area (Å²) >= 11 is 0. The summed E-state index contributed by atoms with van der Waals surface area (Å²) in [5, 5.41) is 0. The summed E-state index contributed by atoms with van der Waals surface area (Å²) in [6, 6.07) is 23.4. The van der Waals surface area contributed by atoms with Gasteiger partial charge in [-0.3, -0.25) is 4.79 Å². The van der Waals surface area contributed by atoms with Crippen molar-refractivity contribution in [1.29, 1.82) is 0 Å². The van der Waals surface area contributed by atoms with E-state index in [2.05, 4.69) is 24.3 Å². The van der Waals surface area contributed by atoms with Gasteiger partial charge in [-0.25, -0.2) is 9.18 Å². The third kappa shape index (κ3) is 4.56. The molecule has 2 atom stereocenters. The van der Waals surface area contributed by atoms with Gasteiger partial charge in [0.15, 0.2) is 0 Å². The molecule has 2 unspecified atom stereocenters. The van der Waals surface area contributed by atoms with Gasteiger partial charge in [0.25, 0.3) is 0 Å². The van der Waals surface area contributed by atoms with Crippen molar-refractivity contribution < 1.29 is 18.7 Å². The fourth-order valence-corrected chi connectivity index (χ4v) is 6.77. The van der Waals surface area contributed by atoms with Gasteiger partial charge in [-0.05, 0) is 72.4 Å². The van der Waals surface area contributed by atoms with E-state index in [4.69, 9.17) is 4.74 Å². The van der Waals surface area contributed by atoms with E-state index in [9.17, 15) is 14.0 Å². The van der Waals surface area contributed by atoms with Crippen molar-refractivity contribution in [3.05, 3.63) is 95.3 Å². The summed E-state index contributed by atoms with van der Waals surface area (Å²) in [5.74, 6) is -0.0991. The predicted molar refractivity (Wildman–Crippen MR) is 141 cm³/mol. The lowest BCUT2D eigenvalue weighted by Gasteiger charge is -2.47. The third-order valence-electron chi connectivity index (χ3n) is 8.58. The van der Waals surface area contributed by atoms with Crippen molar-refractivity contribution in [2.75, 3.05) is 6.61 Å². The minimum absolute atomic E-state index is 0.0329. The summed E-state index contributed by atoms with van der Waals surface area (Å²) < 4.78 is 20.0. The van der Waals surface area contributed by atoms with Crippen LogP contribution in [0.25, 0.3) is 11.1 Å². The molecule has 5 heteroatoms. The second-order valence-corrected chi connectivity index (χ2v) is 10.7. The summed E-state index contributed by atoms with van der Waals surface area (Å²) in [6.45, 7) is 0.313. The van der Waals surface area contributed by atoms with Gasteiger partial charge in [0, 0.05) is 30.3 Å². The Kier molecular flexibility index (Phi) is 6.54. The van der Waals surface area contributed by atoms with Crippen LogP contribution >= 0.6 is 0 Å². The molecule has 0 saturated carbocycles. The van der Waals surface area contributed by atoms with Crippen molar-refractivity contribution in [3.63, 3.8) is 0 Å². The molecule has 2 fully saturated rings. The molecule has 3 aromatic carbocycles. The highest BCUT2D eigenvalue weighted by Crippen LogP contribution is 2.45. The molecule has 3 aromatic rings. The first kappa shape index (κ1) is 23.9. The van der Waals surface area contributed by atoms with Crippen LogP contribution in [0.5, 0.6) is 0 Å². The van der Waals surface area contributed by atoms with Crippen LogP contribution in [0.4, 0.5) is 9.18 Å². The SMILES string of the molecule is O=C(CCc1ccccc1F)C1CC2CCCC(C1)N2C(=O)OCC1c2ccccc2-c2ccccc21. The lowest BCUT2D eigenvalue weighted by molar-refractivity contribution is -0.126. The summed E-state index contributed by atoms with van der Waals surface area (Å²) in [7, 11) is 0. The highest BCUT2D eigenvalue weighted by molar-refractivity contribution is 5.82. The maximum atomic E-state index is 14.0. The highest BCUT2D eigenvalue weighted by Gasteiger charge is 2.43. The Balaban J connectivity index is 1.10. The lowest BCUT2D eigenvalue weighted by atomic mass is 9.76. The van der Waals surface area contributed by atoms with Gasteiger partial charge >= 0.3 is 6.09 Å². The van der Waals surface area contributed by atoms with Crippen LogP contribution in [0, 0.1) is 11.7 Å². The molecule has 1 amide bonds. The van der Waals surface area contributed by atoms with Gasteiger partial charge < -0.3 is 9.64 Å². The number of piperidine rings is 2. The zero-order chi connectivity index (χ0) is 25.4. The minimum Gasteiger partial charge on any atom is -0.448 e. The zero-order valence-corrected chi connectivity index (χ0v) is 20.9. The van der Waals surface area contributed by atoms with E-state index in [0.29, 0.717) is 37.9 Å². The topological polar surface area (TPSA) is 46.6 Å². The first-order valence-corrected chi connectivity index (χ1v) is 13.5. The monoisotopic (exact) mass is 497 g/mol. The van der Waals surface area contributed by atoms with Crippen molar-refractivity contribution >= 4 is 11.9 Å². The molecule has 0 spiro atoms. The highest BCUT2D eigenvalue weighted by atomic mass is 19.1. The van der Waals surface area contributed by atoms with Crippen LogP contribution in [-0.4, -0.2) is 35.5 Å². The van der Waals surface area contributed by atoms with E-state index >= 15 is 0 Å². The molecule has 4 nitrogen and oxygen atoms in total. The zero-order valence-electron chi connectivity index (χ0n) is 20.9. The molecule has 2 saturated heterocycles. The largest absolute Gasteiger partial charge is 0.448 e. The fraction of sp³-hybridized carbons (Fsp3) is 0.375. The van der Waals surface area contributed by atoms with Crippen molar-refractivity contribution in [1.82, 2.24) is 4.90 Å². The Morgan fingerprint density at radius 3 is 2.08 bits per heavy atom. The number of benzene rings is 3. The van der Waals surface area contributed by atoms with Gasteiger partial charge in [0.1, 0.15) is 18.2 Å². The van der Waals surface area contributed by atoms with Gasteiger partial charge in [0.2, 0.25) is 0 Å². The molecule has 0 radical (unpaired) electrons. The Morgan fingerprint density at radius 2 is 1.43 bits per heavy atom. The number of rotatable bonds is 6. The molecule has 2 aliphatic heterocycles. The van der Waals surface area contributed by atoms with Crippen LogP contribution in [0.15, 0.2) is 72.8 Å². The van der Waals surface area contributed by atoms with E-state index < -0.39 is 0 Å². The predicted octanol–water partition coefficient (Wildman–Crippen LogP) is 6.91. The standard InChI is InChI=1S/C32H32FNO3/c33-30-15-6-1-8-21(30)16-17-31(35)22-18-23-9-7-10-24(19-22)34(23)32(36)37-20-29-27-13-4-2-11-25(27)26-12-3-5-14-28(26)29/h1-6,8,11-15,22-24,29H,7,9-10,16-20H2. The summed E-state index contributed by atoms with van der Waals surface area (Å²) in [5.41, 5.74) is 5.43. The normalized spacial score (nSPS) is 22.3. The molecule has 1 aliphatic carbocycles. The summed E-state index contributed by atoms with van der Waals surface area (Å²) in [6.07, 6.45) is 4.74. The number of hydrogen-bond acceptors (Lipinski definition) is 3. The molecule has 2 bridgehead atoms. The molecule has 0 aromatic heterocycles. The van der Waals surface area contributed by atoms with Crippen molar-refractivity contribution in [2.24, 2.45) is 5.92 Å². The molecule has 0 N–H and O–H groups in total. The number of Topliss-reactive ketones (excluding diaryl/α,β-unsaturated/α-hetero) is 1. The first-order valence-electron chi connectivity index (χ1n) is 13.5. The molecule has 6 rings (SSSR count). The van der Waals surface area contributed by atoms with Gasteiger partial charge in [-0.1, -0.05) is 66.7 Å². The maximum absolute atomic E-state index is 14.0. The maximum Gasteiger partial charge on any atom is 0.410 e. The Bertz CT molecular complexity index is 1260. The van der Waals surface area contributed by atoms with E-state index in [0.717, 1.165) is 19.3 Å². The van der Waals surface area contributed by atoms with E-state index in [-0.39, 0.29) is 41.6 Å². The quantitative estimate of drug-likeness (QED) is 0.372. The average Bonchev–Trinajstić information content (AvgIpc) is 3.24. The number of halogens is 1. The Hall–Kier alpha value is -3.47. The van der Waals surface area contributed by atoms with Crippen LogP contribution in [-0.2, 0) is 16.0 Å². The Morgan fingerprint density at radius 1 is 0.838 bits per heavy atom. The van der Waals surface area contributed by atoms with Gasteiger partial charge in [-0.2, -0.15) is 0 Å². The van der Waals surface area contributed by atoms with Crippen molar-refractivity contribution in [3.8, 4) is 11.1 Å². The third-order valence-corrected chi connectivity index (χ3v) is 8.58. The molecule has 2 heterocycles. The van der Waals surface area contributed by atoms with Crippen molar-refractivity contribution in [2.45, 2.75) is 62.9 Å². The Labute approximate surface area is 217 Å². The van der Waals surface area contributed by atoms with Crippen LogP contribution in [0.3, 0.4) is 0 Å². The number of nitrogens with zero attached hydrogens (tertiary/aromatic N) is 1. The number of aryl methyl sites for hydroxylation is 1. The molecule has 190 valence electrons. The van der Waals surface area contributed by atoms with Gasteiger partial charge in [-0.15, -0.1) is 0 Å². The number of amides is 1. The number of carbonyl (C=O) groups is 2. The van der Waals surface area contributed by atoms with Crippen LogP contribution < -0.4 is 0 Å². The second kappa shape index (κ2) is 10.1. The molecule has 37 heavy (non-hydrogen) atoms. The number of hydrogen-bond donors (Lipinski definition) is 0. The minimum atomic E-state index is -0.256. The van der Waals surface area contributed by atoms with Gasteiger partial charge in [0.05, 0.1) is 0 Å². The number of ether oxygens (including phenoxy) is 1. The summed E-state index contributed by atoms with van der Waals surface area (Å²) in [4.78, 5) is 28.4. The van der Waals surface area contributed by atoms with Crippen LogP contribution in [0.1, 0.15) is 61.1 Å². The number of fused-ring (bicyclic) bond motifs is 5. The van der Waals surface area contributed by atoms with E-state index in [1.807, 2.05) is 29.2 Å². The molecular weight excluding hydrogens is 465 g/mol. The first-order chi connectivity index (χ1) is 18.1.